The lowest BCUT2D eigenvalue weighted by Gasteiger charge is -2.11. The molecule has 7 heteroatoms. The molecule has 0 N–H and O–H groups in total. The van der Waals surface area contributed by atoms with Crippen LogP contribution in [0.4, 0.5) is 5.69 Å². The zero-order valence-corrected chi connectivity index (χ0v) is 9.26. The Morgan fingerprint density at radius 2 is 2.06 bits per heavy atom. The normalized spacial score (nSPS) is 9.76. The van der Waals surface area contributed by atoms with Gasteiger partial charge in [0.05, 0.1) is 36.2 Å². The molecule has 7 nitrogen and oxygen atoms in total. The van der Waals surface area contributed by atoms with Crippen molar-refractivity contribution in [3.63, 3.8) is 0 Å². The Kier molecular flexibility index (Phi) is 3.86. The van der Waals surface area contributed by atoms with Crippen LogP contribution in [0.1, 0.15) is 17.3 Å². The highest BCUT2D eigenvalue weighted by Gasteiger charge is 2.20. The minimum absolute atomic E-state index is 0.108. The number of carboxylic acids is 1. The minimum Gasteiger partial charge on any atom is -0.545 e. The van der Waals surface area contributed by atoms with Crippen molar-refractivity contribution in [1.82, 2.24) is 0 Å². The monoisotopic (exact) mass is 240 g/mol. The smallest absolute Gasteiger partial charge is 0.282 e. The van der Waals surface area contributed by atoms with E-state index >= 15 is 0 Å². The average molecular weight is 240 g/mol. The predicted octanol–water partition coefficient (Wildman–Crippen LogP) is 0.366. The Morgan fingerprint density at radius 1 is 1.41 bits per heavy atom. The SMILES string of the molecule is CCOc1cc([N+](=O)[O-])c(C(=O)[O-])cc1OC. The van der Waals surface area contributed by atoms with Gasteiger partial charge in [-0.2, -0.15) is 0 Å². The number of nitrogens with zero attached hydrogens (tertiary/aromatic N) is 1. The van der Waals surface area contributed by atoms with E-state index in [1.165, 1.54) is 7.11 Å². The van der Waals surface area contributed by atoms with Crippen molar-refractivity contribution >= 4 is 11.7 Å². The first-order chi connectivity index (χ1) is 8.01. The number of rotatable bonds is 5. The van der Waals surface area contributed by atoms with Crippen LogP contribution in [0.2, 0.25) is 0 Å². The molecule has 0 radical (unpaired) electrons. The molecule has 0 atom stereocenters. The van der Waals surface area contributed by atoms with Crippen molar-refractivity contribution < 1.29 is 24.3 Å². The van der Waals surface area contributed by atoms with Gasteiger partial charge in [0.1, 0.15) is 0 Å². The van der Waals surface area contributed by atoms with Crippen LogP contribution in [-0.2, 0) is 0 Å². The number of carboxylic acid groups (broad SMARTS) is 1. The molecule has 92 valence electrons. The molecule has 0 aromatic heterocycles. The summed E-state index contributed by atoms with van der Waals surface area (Å²) in [4.78, 5) is 20.6. The Balaban J connectivity index is 3.42. The first-order valence-corrected chi connectivity index (χ1v) is 4.71. The average Bonchev–Trinajstić information content (AvgIpc) is 2.28. The number of nitro benzene ring substituents is 1. The second kappa shape index (κ2) is 5.15. The van der Waals surface area contributed by atoms with Gasteiger partial charge >= 0.3 is 0 Å². The molecule has 0 spiro atoms. The largest absolute Gasteiger partial charge is 0.545 e. The minimum atomic E-state index is -1.64. The molecule has 0 fully saturated rings. The van der Waals surface area contributed by atoms with Gasteiger partial charge in [-0.15, -0.1) is 0 Å². The number of carbonyl (C=O) groups excluding carboxylic acids is 1. The van der Waals surface area contributed by atoms with Crippen LogP contribution in [0.15, 0.2) is 12.1 Å². The van der Waals surface area contributed by atoms with Gasteiger partial charge in [-0.25, -0.2) is 0 Å². The van der Waals surface area contributed by atoms with Crippen molar-refractivity contribution in [1.29, 1.82) is 0 Å². The van der Waals surface area contributed by atoms with Crippen LogP contribution in [0.3, 0.4) is 0 Å². The third-order valence-corrected chi connectivity index (χ3v) is 2.00. The Labute approximate surface area is 96.7 Å². The van der Waals surface area contributed by atoms with E-state index in [1.807, 2.05) is 0 Å². The fourth-order valence-corrected chi connectivity index (χ4v) is 1.29. The summed E-state index contributed by atoms with van der Waals surface area (Å²) in [5.41, 5.74) is -1.13. The highest BCUT2D eigenvalue weighted by molar-refractivity contribution is 5.92. The molecular formula is C10H10NO6-. The summed E-state index contributed by atoms with van der Waals surface area (Å²) < 4.78 is 10.00. The molecule has 0 saturated carbocycles. The Hall–Kier alpha value is -2.31. The lowest BCUT2D eigenvalue weighted by Crippen LogP contribution is -2.23. The van der Waals surface area contributed by atoms with E-state index in [-0.39, 0.29) is 18.1 Å². The molecule has 0 aliphatic heterocycles. The summed E-state index contributed by atoms with van der Waals surface area (Å²) in [5.74, 6) is -1.42. The molecule has 0 aliphatic carbocycles. The molecule has 1 rings (SSSR count). The van der Waals surface area contributed by atoms with Gasteiger partial charge in [0.25, 0.3) is 5.69 Å². The number of ether oxygens (including phenoxy) is 2. The summed E-state index contributed by atoms with van der Waals surface area (Å²) in [6.07, 6.45) is 0. The zero-order valence-electron chi connectivity index (χ0n) is 9.26. The van der Waals surface area contributed by atoms with E-state index in [9.17, 15) is 20.0 Å². The highest BCUT2D eigenvalue weighted by atomic mass is 16.6. The molecule has 1 aromatic rings. The van der Waals surface area contributed by atoms with Crippen LogP contribution in [0.5, 0.6) is 11.5 Å². The first kappa shape index (κ1) is 12.8. The molecule has 0 unspecified atom stereocenters. The van der Waals surface area contributed by atoms with Gasteiger partial charge in [0.15, 0.2) is 11.5 Å². The van der Waals surface area contributed by atoms with Crippen molar-refractivity contribution in [3.05, 3.63) is 27.8 Å². The maximum absolute atomic E-state index is 10.8. The number of methoxy groups -OCH3 is 1. The summed E-state index contributed by atoms with van der Waals surface area (Å²) >= 11 is 0. The van der Waals surface area contributed by atoms with E-state index in [2.05, 4.69) is 0 Å². The lowest BCUT2D eigenvalue weighted by atomic mass is 10.1. The number of benzene rings is 1. The first-order valence-electron chi connectivity index (χ1n) is 4.71. The van der Waals surface area contributed by atoms with Crippen LogP contribution in [-0.4, -0.2) is 24.6 Å². The van der Waals surface area contributed by atoms with Crippen molar-refractivity contribution in [2.75, 3.05) is 13.7 Å². The summed E-state index contributed by atoms with van der Waals surface area (Å²) in [5, 5.41) is 21.5. The van der Waals surface area contributed by atoms with Crippen LogP contribution >= 0.6 is 0 Å². The summed E-state index contributed by atoms with van der Waals surface area (Å²) in [7, 11) is 1.31. The van der Waals surface area contributed by atoms with Gasteiger partial charge in [0, 0.05) is 0 Å². The van der Waals surface area contributed by atoms with Gasteiger partial charge in [-0.3, -0.25) is 10.1 Å². The standard InChI is InChI=1S/C10H11NO6/c1-3-17-9-5-7(11(14)15)6(10(12)13)4-8(9)16-2/h4-5H,3H2,1-2H3,(H,12,13)/p-1. The van der Waals surface area contributed by atoms with E-state index < -0.39 is 22.1 Å². The fourth-order valence-electron chi connectivity index (χ4n) is 1.29. The maximum Gasteiger partial charge on any atom is 0.282 e. The molecule has 17 heavy (non-hydrogen) atoms. The number of hydrogen-bond donors (Lipinski definition) is 0. The van der Waals surface area contributed by atoms with E-state index in [0.29, 0.717) is 0 Å². The Morgan fingerprint density at radius 3 is 2.47 bits per heavy atom. The van der Waals surface area contributed by atoms with Crippen molar-refractivity contribution in [3.8, 4) is 11.5 Å². The number of carbonyl (C=O) groups is 1. The molecule has 1 aromatic carbocycles. The predicted molar refractivity (Wildman–Crippen MR) is 55.1 cm³/mol. The topological polar surface area (TPSA) is 102 Å². The maximum atomic E-state index is 10.8. The van der Waals surface area contributed by atoms with Gasteiger partial charge in [-0.05, 0) is 13.0 Å². The van der Waals surface area contributed by atoms with Gasteiger partial charge in [0.2, 0.25) is 0 Å². The molecule has 0 saturated heterocycles. The third kappa shape index (κ3) is 2.63. The van der Waals surface area contributed by atoms with E-state index in [1.54, 1.807) is 6.92 Å². The lowest BCUT2D eigenvalue weighted by molar-refractivity contribution is -0.385. The number of hydrogen-bond acceptors (Lipinski definition) is 6. The third-order valence-electron chi connectivity index (χ3n) is 2.00. The molecule has 0 aliphatic rings. The second-order valence-electron chi connectivity index (χ2n) is 3.00. The highest BCUT2D eigenvalue weighted by Crippen LogP contribution is 2.34. The van der Waals surface area contributed by atoms with Crippen LogP contribution in [0.25, 0.3) is 0 Å². The summed E-state index contributed by atoms with van der Waals surface area (Å²) in [6.45, 7) is 1.97. The molecular weight excluding hydrogens is 230 g/mol. The number of nitro groups is 1. The number of aromatic carboxylic acids is 1. The summed E-state index contributed by atoms with van der Waals surface area (Å²) in [6, 6.07) is 2.02. The van der Waals surface area contributed by atoms with Crippen molar-refractivity contribution in [2.24, 2.45) is 0 Å². The zero-order chi connectivity index (χ0) is 13.0. The second-order valence-corrected chi connectivity index (χ2v) is 3.00. The van der Waals surface area contributed by atoms with Crippen molar-refractivity contribution in [2.45, 2.75) is 6.92 Å². The fraction of sp³-hybridized carbons (Fsp3) is 0.300. The molecule has 0 bridgehead atoms. The van der Waals surface area contributed by atoms with Gasteiger partial charge < -0.3 is 19.4 Å². The van der Waals surface area contributed by atoms with E-state index in [0.717, 1.165) is 12.1 Å². The van der Waals surface area contributed by atoms with Gasteiger partial charge in [-0.1, -0.05) is 0 Å². The van der Waals surface area contributed by atoms with Crippen LogP contribution in [0, 0.1) is 10.1 Å². The molecule has 0 amide bonds. The molecule has 0 heterocycles. The van der Waals surface area contributed by atoms with Crippen LogP contribution < -0.4 is 14.6 Å². The van der Waals surface area contributed by atoms with E-state index in [4.69, 9.17) is 9.47 Å². The quantitative estimate of drug-likeness (QED) is 0.544. The Bertz CT molecular complexity index is 456.